The van der Waals surface area contributed by atoms with Gasteiger partial charge in [0.05, 0.1) is 6.61 Å². The number of rotatable bonds is 6. The van der Waals surface area contributed by atoms with Crippen molar-refractivity contribution in [3.8, 4) is 5.75 Å². The van der Waals surface area contributed by atoms with Crippen LogP contribution in [0.5, 0.6) is 5.75 Å². The number of para-hydroxylation sites is 1. The molecular formula is C18H23NO5. The van der Waals surface area contributed by atoms with Crippen molar-refractivity contribution in [1.82, 2.24) is 4.90 Å². The molecule has 0 unspecified atom stereocenters. The Hall–Kier alpha value is -2.34. The molecule has 1 heterocycles. The number of benzene rings is 1. The zero-order chi connectivity index (χ0) is 17.7. The molecule has 24 heavy (non-hydrogen) atoms. The molecule has 1 saturated heterocycles. The Balaban J connectivity index is 2.14. The summed E-state index contributed by atoms with van der Waals surface area (Å²) >= 11 is 0. The van der Waals surface area contributed by atoms with Crippen LogP contribution >= 0.6 is 0 Å². The lowest BCUT2D eigenvalue weighted by Gasteiger charge is -2.29. The molecule has 0 spiro atoms. The van der Waals surface area contributed by atoms with Crippen molar-refractivity contribution in [1.29, 1.82) is 0 Å². The number of carbonyl (C=O) groups excluding carboxylic acids is 2. The van der Waals surface area contributed by atoms with E-state index in [-0.39, 0.29) is 5.57 Å². The monoisotopic (exact) mass is 333 g/mol. The highest BCUT2D eigenvalue weighted by molar-refractivity contribution is 6.19. The van der Waals surface area contributed by atoms with Gasteiger partial charge in [0.15, 0.2) is 0 Å². The molecule has 1 aliphatic heterocycles. The van der Waals surface area contributed by atoms with Crippen molar-refractivity contribution in [2.75, 3.05) is 27.2 Å². The second-order valence-electron chi connectivity index (χ2n) is 6.28. The van der Waals surface area contributed by atoms with E-state index in [1.54, 1.807) is 12.1 Å². The number of esters is 2. The molecule has 0 N–H and O–H groups in total. The highest BCUT2D eigenvalue weighted by Crippen LogP contribution is 2.27. The quantitative estimate of drug-likeness (QED) is 0.344. The zero-order valence-corrected chi connectivity index (χ0v) is 14.5. The molecule has 1 aliphatic rings. The normalized spacial score (nSPS) is 16.6. The third kappa shape index (κ3) is 4.83. The molecular weight excluding hydrogens is 310 g/mol. The molecule has 0 aliphatic carbocycles. The fourth-order valence-electron chi connectivity index (χ4n) is 2.23. The predicted octanol–water partition coefficient (Wildman–Crippen LogP) is 2.24. The molecule has 0 radical (unpaired) electrons. The zero-order valence-electron chi connectivity index (χ0n) is 14.5. The van der Waals surface area contributed by atoms with Crippen LogP contribution in [0.15, 0.2) is 29.8 Å². The smallest absolute Gasteiger partial charge is 0.348 e. The van der Waals surface area contributed by atoms with Crippen LogP contribution in [-0.4, -0.2) is 49.9 Å². The third-order valence-corrected chi connectivity index (χ3v) is 3.34. The first-order valence-electron chi connectivity index (χ1n) is 7.83. The molecule has 0 aromatic heterocycles. The van der Waals surface area contributed by atoms with E-state index in [2.05, 4.69) is 4.90 Å². The molecule has 1 fully saturated rings. The number of cyclic esters (lactones) is 2. The van der Waals surface area contributed by atoms with E-state index in [4.69, 9.17) is 14.2 Å². The molecule has 6 heteroatoms. The van der Waals surface area contributed by atoms with Gasteiger partial charge in [0.25, 0.3) is 5.79 Å². The number of nitrogens with zero attached hydrogens (tertiary/aromatic N) is 1. The van der Waals surface area contributed by atoms with E-state index in [1.807, 2.05) is 26.2 Å². The Labute approximate surface area is 142 Å². The van der Waals surface area contributed by atoms with Gasteiger partial charge in [-0.25, -0.2) is 9.59 Å². The van der Waals surface area contributed by atoms with E-state index in [0.717, 1.165) is 13.0 Å². The van der Waals surface area contributed by atoms with Crippen molar-refractivity contribution in [3.05, 3.63) is 35.4 Å². The molecule has 6 nitrogen and oxygen atoms in total. The number of hydrogen-bond donors (Lipinski definition) is 0. The van der Waals surface area contributed by atoms with Gasteiger partial charge in [-0.15, -0.1) is 0 Å². The standard InChI is InChI=1S/C18H23NO5/c1-18(2)23-16(20)14(17(21)24-18)12-13-8-5-6-9-15(13)22-11-7-10-19(3)4/h5-6,8-9,12H,7,10-11H2,1-4H3. The SMILES string of the molecule is CN(C)CCCOc1ccccc1C=C1C(=O)OC(C)(C)OC1=O. The number of ether oxygens (including phenoxy) is 3. The maximum absolute atomic E-state index is 12.0. The van der Waals surface area contributed by atoms with Crippen LogP contribution in [0.25, 0.3) is 6.08 Å². The Morgan fingerprint density at radius 3 is 2.38 bits per heavy atom. The lowest BCUT2D eigenvalue weighted by molar-refractivity contribution is -0.222. The first-order valence-corrected chi connectivity index (χ1v) is 7.83. The highest BCUT2D eigenvalue weighted by Gasteiger charge is 2.38. The van der Waals surface area contributed by atoms with Gasteiger partial charge in [0.1, 0.15) is 11.3 Å². The Bertz CT molecular complexity index is 627. The van der Waals surface area contributed by atoms with E-state index in [0.29, 0.717) is 17.9 Å². The summed E-state index contributed by atoms with van der Waals surface area (Å²) in [5.41, 5.74) is 0.490. The van der Waals surface area contributed by atoms with Crippen LogP contribution in [0.4, 0.5) is 0 Å². The largest absolute Gasteiger partial charge is 0.493 e. The van der Waals surface area contributed by atoms with Crippen molar-refractivity contribution < 1.29 is 23.8 Å². The molecule has 0 bridgehead atoms. The summed E-state index contributed by atoms with van der Waals surface area (Å²) in [6.07, 6.45) is 2.32. The van der Waals surface area contributed by atoms with Crippen LogP contribution in [-0.2, 0) is 19.1 Å². The van der Waals surface area contributed by atoms with E-state index in [1.165, 1.54) is 19.9 Å². The van der Waals surface area contributed by atoms with Gasteiger partial charge in [-0.3, -0.25) is 0 Å². The van der Waals surface area contributed by atoms with Crippen LogP contribution in [0, 0.1) is 0 Å². The van der Waals surface area contributed by atoms with Gasteiger partial charge in [0.2, 0.25) is 0 Å². The fourth-order valence-corrected chi connectivity index (χ4v) is 2.23. The summed E-state index contributed by atoms with van der Waals surface area (Å²) in [5, 5.41) is 0. The summed E-state index contributed by atoms with van der Waals surface area (Å²) in [6.45, 7) is 4.49. The summed E-state index contributed by atoms with van der Waals surface area (Å²) in [5.74, 6) is -2.03. The van der Waals surface area contributed by atoms with Gasteiger partial charge < -0.3 is 19.1 Å². The topological polar surface area (TPSA) is 65.1 Å². The first kappa shape index (κ1) is 18.0. The van der Waals surface area contributed by atoms with Crippen molar-refractivity contribution in [2.24, 2.45) is 0 Å². The fraction of sp³-hybridized carbons (Fsp3) is 0.444. The van der Waals surface area contributed by atoms with Crippen LogP contribution < -0.4 is 4.74 Å². The molecule has 2 rings (SSSR count). The molecule has 130 valence electrons. The number of hydrogen-bond acceptors (Lipinski definition) is 6. The second-order valence-corrected chi connectivity index (χ2v) is 6.28. The molecule has 0 amide bonds. The van der Waals surface area contributed by atoms with Crippen molar-refractivity contribution in [3.63, 3.8) is 0 Å². The van der Waals surface area contributed by atoms with Crippen LogP contribution in [0.1, 0.15) is 25.8 Å². The van der Waals surface area contributed by atoms with E-state index < -0.39 is 17.7 Å². The average Bonchev–Trinajstić information content (AvgIpc) is 2.47. The minimum Gasteiger partial charge on any atom is -0.493 e. The second kappa shape index (κ2) is 7.49. The Morgan fingerprint density at radius 2 is 1.75 bits per heavy atom. The highest BCUT2D eigenvalue weighted by atomic mass is 16.7. The van der Waals surface area contributed by atoms with Gasteiger partial charge >= 0.3 is 11.9 Å². The van der Waals surface area contributed by atoms with Crippen LogP contribution in [0.2, 0.25) is 0 Å². The average molecular weight is 333 g/mol. The van der Waals surface area contributed by atoms with Gasteiger partial charge in [-0.2, -0.15) is 0 Å². The number of carbonyl (C=O) groups is 2. The van der Waals surface area contributed by atoms with Gasteiger partial charge in [0, 0.05) is 26.0 Å². The third-order valence-electron chi connectivity index (χ3n) is 3.34. The summed E-state index contributed by atoms with van der Waals surface area (Å²) < 4.78 is 16.0. The maximum atomic E-state index is 12.0. The summed E-state index contributed by atoms with van der Waals surface area (Å²) in [6, 6.07) is 7.21. The molecule has 1 aromatic rings. The molecule has 0 saturated carbocycles. The summed E-state index contributed by atoms with van der Waals surface area (Å²) in [4.78, 5) is 26.1. The van der Waals surface area contributed by atoms with Crippen molar-refractivity contribution in [2.45, 2.75) is 26.1 Å². The lowest BCUT2D eigenvalue weighted by Crippen LogP contribution is -2.41. The van der Waals surface area contributed by atoms with E-state index >= 15 is 0 Å². The predicted molar refractivity (Wildman–Crippen MR) is 89.3 cm³/mol. The first-order chi connectivity index (χ1) is 11.3. The molecule has 1 aromatic carbocycles. The van der Waals surface area contributed by atoms with Crippen molar-refractivity contribution >= 4 is 18.0 Å². The minimum absolute atomic E-state index is 0.140. The maximum Gasteiger partial charge on any atom is 0.348 e. The Morgan fingerprint density at radius 1 is 1.12 bits per heavy atom. The molecule has 0 atom stereocenters. The Kier molecular flexibility index (Phi) is 5.62. The lowest BCUT2D eigenvalue weighted by atomic mass is 10.1. The summed E-state index contributed by atoms with van der Waals surface area (Å²) in [7, 11) is 4.00. The van der Waals surface area contributed by atoms with E-state index in [9.17, 15) is 9.59 Å². The minimum atomic E-state index is -1.24. The van der Waals surface area contributed by atoms with Gasteiger partial charge in [-0.05, 0) is 32.7 Å². The van der Waals surface area contributed by atoms with Gasteiger partial charge in [-0.1, -0.05) is 18.2 Å². The van der Waals surface area contributed by atoms with Crippen LogP contribution in [0.3, 0.4) is 0 Å².